The molecule has 1 aromatic heterocycles. The summed E-state index contributed by atoms with van der Waals surface area (Å²) in [5, 5.41) is 0. The lowest BCUT2D eigenvalue weighted by Crippen LogP contribution is -2.49. The number of carbonyl (C=O) groups excluding carboxylic acids is 1. The van der Waals surface area contributed by atoms with Crippen LogP contribution < -0.4 is 4.90 Å². The van der Waals surface area contributed by atoms with Gasteiger partial charge in [0, 0.05) is 50.1 Å². The molecular weight excluding hydrogens is 276 g/mol. The first-order valence-corrected chi connectivity index (χ1v) is 7.21. The number of benzene rings is 1. The van der Waals surface area contributed by atoms with Gasteiger partial charge in [-0.05, 0) is 18.2 Å². The lowest BCUT2D eigenvalue weighted by Gasteiger charge is -2.33. The Balaban J connectivity index is 1.58. The smallest absolute Gasteiger partial charge is 0.298 e. The van der Waals surface area contributed by atoms with Gasteiger partial charge in [0.05, 0.1) is 0 Å². The summed E-state index contributed by atoms with van der Waals surface area (Å²) in [5.41, 5.74) is 0.854. The number of nitrogens with zero attached hydrogens (tertiary/aromatic N) is 4. The Hall–Kier alpha value is -2.87. The molecule has 0 atom stereocenters. The van der Waals surface area contributed by atoms with Crippen LogP contribution in [0.1, 0.15) is 5.56 Å². The van der Waals surface area contributed by atoms with Gasteiger partial charge in [-0.1, -0.05) is 24.1 Å². The minimum absolute atomic E-state index is 0.127. The van der Waals surface area contributed by atoms with Crippen molar-refractivity contribution >= 4 is 11.9 Å². The van der Waals surface area contributed by atoms with E-state index in [1.54, 1.807) is 23.4 Å². The second-order valence-electron chi connectivity index (χ2n) is 4.94. The fourth-order valence-corrected chi connectivity index (χ4v) is 2.29. The zero-order valence-corrected chi connectivity index (χ0v) is 12.1. The zero-order chi connectivity index (χ0) is 15.2. The standard InChI is InChI=1S/C17H16N4O/c22-16(8-7-15-5-2-1-3-6-15)20-11-13-21(14-12-20)17-18-9-4-10-19-17/h1-6,9-10H,11-14H2. The van der Waals surface area contributed by atoms with Crippen LogP contribution in [0.2, 0.25) is 0 Å². The van der Waals surface area contributed by atoms with E-state index in [9.17, 15) is 4.79 Å². The second-order valence-corrected chi connectivity index (χ2v) is 4.94. The van der Waals surface area contributed by atoms with Crippen molar-refractivity contribution in [3.05, 3.63) is 54.4 Å². The molecule has 1 amide bonds. The third kappa shape index (κ3) is 3.41. The molecule has 1 aliphatic heterocycles. The summed E-state index contributed by atoms with van der Waals surface area (Å²) in [7, 11) is 0. The van der Waals surface area contributed by atoms with Gasteiger partial charge in [0.1, 0.15) is 0 Å². The van der Waals surface area contributed by atoms with E-state index in [2.05, 4.69) is 26.7 Å². The van der Waals surface area contributed by atoms with Gasteiger partial charge in [0.25, 0.3) is 5.91 Å². The molecule has 110 valence electrons. The lowest BCUT2D eigenvalue weighted by atomic mass is 10.2. The quantitative estimate of drug-likeness (QED) is 0.741. The summed E-state index contributed by atoms with van der Waals surface area (Å²) in [4.78, 5) is 24.4. The molecule has 1 aliphatic rings. The number of aromatic nitrogens is 2. The highest BCUT2D eigenvalue weighted by Crippen LogP contribution is 2.09. The maximum absolute atomic E-state index is 12.1. The van der Waals surface area contributed by atoms with E-state index < -0.39 is 0 Å². The molecule has 5 heteroatoms. The zero-order valence-electron chi connectivity index (χ0n) is 12.1. The predicted molar refractivity (Wildman–Crippen MR) is 84.1 cm³/mol. The number of carbonyl (C=O) groups is 1. The Kier molecular flexibility index (Phi) is 4.30. The van der Waals surface area contributed by atoms with Crippen LogP contribution in [0, 0.1) is 11.8 Å². The van der Waals surface area contributed by atoms with E-state index in [0.29, 0.717) is 19.0 Å². The summed E-state index contributed by atoms with van der Waals surface area (Å²) >= 11 is 0. The van der Waals surface area contributed by atoms with Crippen LogP contribution in [0.5, 0.6) is 0 Å². The summed E-state index contributed by atoms with van der Waals surface area (Å²) in [6.07, 6.45) is 3.45. The van der Waals surface area contributed by atoms with Crippen LogP contribution in [-0.4, -0.2) is 47.0 Å². The Morgan fingerprint density at radius 2 is 1.64 bits per heavy atom. The molecule has 2 aromatic rings. The van der Waals surface area contributed by atoms with Crippen LogP contribution in [0.25, 0.3) is 0 Å². The minimum Gasteiger partial charge on any atom is -0.337 e. The number of piperazine rings is 1. The van der Waals surface area contributed by atoms with Crippen molar-refractivity contribution < 1.29 is 4.79 Å². The predicted octanol–water partition coefficient (Wildman–Crippen LogP) is 1.18. The van der Waals surface area contributed by atoms with Crippen LogP contribution in [-0.2, 0) is 4.79 Å². The first-order chi connectivity index (χ1) is 10.8. The average Bonchev–Trinajstić information content (AvgIpc) is 2.61. The Morgan fingerprint density at radius 3 is 2.32 bits per heavy atom. The number of hydrogen-bond acceptors (Lipinski definition) is 4. The Bertz CT molecular complexity index is 683. The Labute approximate surface area is 129 Å². The molecule has 0 N–H and O–H groups in total. The van der Waals surface area contributed by atoms with Crippen LogP contribution in [0.4, 0.5) is 5.95 Å². The van der Waals surface area contributed by atoms with Crippen molar-refractivity contribution in [2.24, 2.45) is 0 Å². The highest BCUT2D eigenvalue weighted by molar-refractivity contribution is 5.94. The van der Waals surface area contributed by atoms with Crippen LogP contribution >= 0.6 is 0 Å². The van der Waals surface area contributed by atoms with Crippen molar-refractivity contribution in [2.75, 3.05) is 31.1 Å². The van der Waals surface area contributed by atoms with E-state index in [4.69, 9.17) is 0 Å². The van der Waals surface area contributed by atoms with E-state index in [-0.39, 0.29) is 5.91 Å². The van der Waals surface area contributed by atoms with Crippen molar-refractivity contribution in [3.8, 4) is 11.8 Å². The van der Waals surface area contributed by atoms with Gasteiger partial charge in [0.15, 0.2) is 0 Å². The van der Waals surface area contributed by atoms with Crippen LogP contribution in [0.3, 0.4) is 0 Å². The van der Waals surface area contributed by atoms with Crippen molar-refractivity contribution in [1.29, 1.82) is 0 Å². The molecule has 22 heavy (non-hydrogen) atoms. The molecule has 1 fully saturated rings. The highest BCUT2D eigenvalue weighted by Gasteiger charge is 2.21. The van der Waals surface area contributed by atoms with Gasteiger partial charge in [-0.15, -0.1) is 0 Å². The van der Waals surface area contributed by atoms with Crippen LogP contribution in [0.15, 0.2) is 48.8 Å². The Morgan fingerprint density at radius 1 is 0.955 bits per heavy atom. The van der Waals surface area contributed by atoms with Gasteiger partial charge in [-0.2, -0.15) is 0 Å². The molecule has 0 bridgehead atoms. The summed E-state index contributed by atoms with van der Waals surface area (Å²) in [6, 6.07) is 11.3. The third-order valence-electron chi connectivity index (χ3n) is 3.49. The van der Waals surface area contributed by atoms with Gasteiger partial charge in [-0.25, -0.2) is 9.97 Å². The monoisotopic (exact) mass is 292 g/mol. The van der Waals surface area contributed by atoms with Crippen molar-refractivity contribution in [3.63, 3.8) is 0 Å². The molecule has 1 saturated heterocycles. The van der Waals surface area contributed by atoms with Gasteiger partial charge < -0.3 is 9.80 Å². The van der Waals surface area contributed by atoms with E-state index in [1.807, 2.05) is 30.3 Å². The number of rotatable bonds is 1. The number of anilines is 1. The molecule has 5 nitrogen and oxygen atoms in total. The van der Waals surface area contributed by atoms with E-state index in [0.717, 1.165) is 18.7 Å². The fourth-order valence-electron chi connectivity index (χ4n) is 2.29. The topological polar surface area (TPSA) is 49.3 Å². The summed E-state index contributed by atoms with van der Waals surface area (Å²) < 4.78 is 0. The summed E-state index contributed by atoms with van der Waals surface area (Å²) in [5.74, 6) is 6.20. The maximum Gasteiger partial charge on any atom is 0.298 e. The molecule has 0 radical (unpaired) electrons. The molecule has 0 aliphatic carbocycles. The largest absolute Gasteiger partial charge is 0.337 e. The molecule has 0 saturated carbocycles. The fraction of sp³-hybridized carbons (Fsp3) is 0.235. The molecular formula is C17H16N4O. The second kappa shape index (κ2) is 6.72. The van der Waals surface area contributed by atoms with E-state index >= 15 is 0 Å². The molecule has 2 heterocycles. The molecule has 3 rings (SSSR count). The average molecular weight is 292 g/mol. The third-order valence-corrected chi connectivity index (χ3v) is 3.49. The first-order valence-electron chi connectivity index (χ1n) is 7.21. The summed E-state index contributed by atoms with van der Waals surface area (Å²) in [6.45, 7) is 2.73. The minimum atomic E-state index is -0.127. The molecule has 0 spiro atoms. The first kappa shape index (κ1) is 14.1. The number of amides is 1. The SMILES string of the molecule is O=C(C#Cc1ccccc1)N1CCN(c2ncccn2)CC1. The van der Waals surface area contributed by atoms with Gasteiger partial charge in [0.2, 0.25) is 5.95 Å². The van der Waals surface area contributed by atoms with E-state index in [1.165, 1.54) is 0 Å². The normalized spacial score (nSPS) is 14.2. The van der Waals surface area contributed by atoms with Crippen molar-refractivity contribution in [2.45, 2.75) is 0 Å². The molecule has 0 unspecified atom stereocenters. The molecule has 1 aromatic carbocycles. The lowest BCUT2D eigenvalue weighted by molar-refractivity contribution is -0.125. The van der Waals surface area contributed by atoms with Gasteiger partial charge >= 0.3 is 0 Å². The highest BCUT2D eigenvalue weighted by atomic mass is 16.2. The maximum atomic E-state index is 12.1. The van der Waals surface area contributed by atoms with Crippen molar-refractivity contribution in [1.82, 2.24) is 14.9 Å². The van der Waals surface area contributed by atoms with Gasteiger partial charge in [-0.3, -0.25) is 4.79 Å². The number of hydrogen-bond donors (Lipinski definition) is 0.